The van der Waals surface area contributed by atoms with Crippen molar-refractivity contribution in [3.63, 3.8) is 0 Å². The fourth-order valence-corrected chi connectivity index (χ4v) is 2.42. The van der Waals surface area contributed by atoms with E-state index < -0.39 is 17.2 Å². The summed E-state index contributed by atoms with van der Waals surface area (Å²) in [6, 6.07) is 3.26. The fourth-order valence-electron chi connectivity index (χ4n) is 2.42. The lowest BCUT2D eigenvalue weighted by atomic mass is 9.92. The molecule has 1 unspecified atom stereocenters. The summed E-state index contributed by atoms with van der Waals surface area (Å²) in [4.78, 5) is 2.12. The molecule has 1 aliphatic heterocycles. The quantitative estimate of drug-likeness (QED) is 0.834. The number of rotatable bonds is 1. The summed E-state index contributed by atoms with van der Waals surface area (Å²) in [5.74, 6) is -1.29. The van der Waals surface area contributed by atoms with E-state index in [1.165, 1.54) is 12.1 Å². The SMILES string of the molecule is CC(C)(C)N1CCC(O)(c2cc(F)cc(F)c2)C1. The number of β-amino-alcohol motifs (C(OH)–C–C–N with tert-alkyl or cyclic N) is 1. The Morgan fingerprint density at radius 1 is 1.17 bits per heavy atom. The second-order valence-electron chi connectivity index (χ2n) is 6.03. The first-order chi connectivity index (χ1) is 8.21. The number of hydrogen-bond donors (Lipinski definition) is 1. The Morgan fingerprint density at radius 2 is 1.72 bits per heavy atom. The van der Waals surface area contributed by atoms with Crippen molar-refractivity contribution < 1.29 is 13.9 Å². The predicted octanol–water partition coefficient (Wildman–Crippen LogP) is 2.66. The molecule has 0 saturated carbocycles. The van der Waals surface area contributed by atoms with Gasteiger partial charge in [0.25, 0.3) is 0 Å². The molecule has 1 aromatic rings. The Balaban J connectivity index is 2.28. The molecule has 1 N–H and O–H groups in total. The van der Waals surface area contributed by atoms with Gasteiger partial charge in [0, 0.05) is 24.7 Å². The Hall–Kier alpha value is -1.00. The molecule has 1 heterocycles. The largest absolute Gasteiger partial charge is 0.384 e. The van der Waals surface area contributed by atoms with Gasteiger partial charge in [-0.2, -0.15) is 0 Å². The second kappa shape index (κ2) is 4.28. The van der Waals surface area contributed by atoms with E-state index in [1.807, 2.05) is 0 Å². The van der Waals surface area contributed by atoms with Crippen molar-refractivity contribution in [1.29, 1.82) is 0 Å². The van der Waals surface area contributed by atoms with Crippen LogP contribution in [0.2, 0.25) is 0 Å². The van der Waals surface area contributed by atoms with E-state index in [2.05, 4.69) is 25.7 Å². The predicted molar refractivity (Wildman–Crippen MR) is 66.2 cm³/mol. The van der Waals surface area contributed by atoms with E-state index in [4.69, 9.17) is 0 Å². The molecule has 2 nitrogen and oxygen atoms in total. The van der Waals surface area contributed by atoms with Crippen molar-refractivity contribution in [1.82, 2.24) is 4.90 Å². The highest BCUT2D eigenvalue weighted by Crippen LogP contribution is 2.35. The molecule has 1 saturated heterocycles. The number of halogens is 2. The van der Waals surface area contributed by atoms with Gasteiger partial charge < -0.3 is 5.11 Å². The fraction of sp³-hybridized carbons (Fsp3) is 0.571. The van der Waals surface area contributed by atoms with Gasteiger partial charge in [0.05, 0.1) is 0 Å². The molecule has 1 aromatic carbocycles. The minimum absolute atomic E-state index is 0.0592. The lowest BCUT2D eigenvalue weighted by molar-refractivity contribution is 0.0321. The van der Waals surface area contributed by atoms with Crippen molar-refractivity contribution in [2.24, 2.45) is 0 Å². The monoisotopic (exact) mass is 255 g/mol. The first kappa shape index (κ1) is 13.4. The zero-order valence-electron chi connectivity index (χ0n) is 11.0. The molecule has 2 rings (SSSR count). The van der Waals surface area contributed by atoms with Crippen LogP contribution in [-0.2, 0) is 5.60 Å². The molecular weight excluding hydrogens is 236 g/mol. The van der Waals surface area contributed by atoms with Crippen molar-refractivity contribution in [2.75, 3.05) is 13.1 Å². The van der Waals surface area contributed by atoms with Gasteiger partial charge in [-0.15, -0.1) is 0 Å². The Morgan fingerprint density at radius 3 is 2.17 bits per heavy atom. The highest BCUT2D eigenvalue weighted by molar-refractivity contribution is 5.26. The third kappa shape index (κ3) is 2.54. The minimum atomic E-state index is -1.16. The highest BCUT2D eigenvalue weighted by Gasteiger charge is 2.41. The van der Waals surface area contributed by atoms with Crippen LogP contribution in [0.1, 0.15) is 32.8 Å². The minimum Gasteiger partial charge on any atom is -0.384 e. The number of nitrogens with zero attached hydrogens (tertiary/aromatic N) is 1. The van der Waals surface area contributed by atoms with Crippen molar-refractivity contribution in [3.8, 4) is 0 Å². The van der Waals surface area contributed by atoms with Gasteiger partial charge in [-0.25, -0.2) is 8.78 Å². The first-order valence-electron chi connectivity index (χ1n) is 6.15. The van der Waals surface area contributed by atoms with Crippen LogP contribution in [0.15, 0.2) is 18.2 Å². The summed E-state index contributed by atoms with van der Waals surface area (Å²) in [5.41, 5.74) is -0.890. The molecular formula is C14H19F2NO. The maximum absolute atomic E-state index is 13.2. The Labute approximate surface area is 106 Å². The van der Waals surface area contributed by atoms with E-state index in [1.54, 1.807) is 0 Å². The number of aliphatic hydroxyl groups is 1. The van der Waals surface area contributed by atoms with Gasteiger partial charge in [0.1, 0.15) is 17.2 Å². The molecule has 1 atom stereocenters. The molecule has 0 aromatic heterocycles. The van der Waals surface area contributed by atoms with Crippen LogP contribution in [0.3, 0.4) is 0 Å². The Kier molecular flexibility index (Phi) is 3.19. The standard InChI is InChI=1S/C14H19F2NO/c1-13(2,3)17-5-4-14(18,9-17)10-6-11(15)8-12(16)7-10/h6-8,18H,4-5,9H2,1-3H3. The number of likely N-dealkylation sites (tertiary alicyclic amines) is 1. The normalized spacial score (nSPS) is 25.7. The van der Waals surface area contributed by atoms with Crippen LogP contribution >= 0.6 is 0 Å². The molecule has 0 aliphatic carbocycles. The van der Waals surface area contributed by atoms with Gasteiger partial charge >= 0.3 is 0 Å². The van der Waals surface area contributed by atoms with E-state index in [-0.39, 0.29) is 5.54 Å². The van der Waals surface area contributed by atoms with E-state index >= 15 is 0 Å². The van der Waals surface area contributed by atoms with E-state index in [0.717, 1.165) is 12.6 Å². The molecule has 0 radical (unpaired) electrons. The van der Waals surface area contributed by atoms with Gasteiger partial charge in [-0.3, -0.25) is 4.90 Å². The lowest BCUT2D eigenvalue weighted by Gasteiger charge is -2.33. The molecule has 0 bridgehead atoms. The third-order valence-electron chi connectivity index (χ3n) is 3.60. The third-order valence-corrected chi connectivity index (χ3v) is 3.60. The van der Waals surface area contributed by atoms with Crippen LogP contribution in [0, 0.1) is 11.6 Å². The number of benzene rings is 1. The highest BCUT2D eigenvalue weighted by atomic mass is 19.1. The smallest absolute Gasteiger partial charge is 0.126 e. The molecule has 1 fully saturated rings. The lowest BCUT2D eigenvalue weighted by Crippen LogP contribution is -2.42. The summed E-state index contributed by atoms with van der Waals surface area (Å²) in [5, 5.41) is 10.6. The van der Waals surface area contributed by atoms with Crippen LogP contribution in [0.25, 0.3) is 0 Å². The van der Waals surface area contributed by atoms with Gasteiger partial charge in [0.2, 0.25) is 0 Å². The Bertz CT molecular complexity index is 435. The summed E-state index contributed by atoms with van der Waals surface area (Å²) in [6.07, 6.45) is 0.493. The van der Waals surface area contributed by atoms with Crippen molar-refractivity contribution in [2.45, 2.75) is 38.3 Å². The molecule has 100 valence electrons. The second-order valence-corrected chi connectivity index (χ2v) is 6.03. The van der Waals surface area contributed by atoms with Gasteiger partial charge in [-0.1, -0.05) is 0 Å². The zero-order valence-corrected chi connectivity index (χ0v) is 11.0. The van der Waals surface area contributed by atoms with Crippen LogP contribution in [0.5, 0.6) is 0 Å². The molecule has 1 aliphatic rings. The van der Waals surface area contributed by atoms with Gasteiger partial charge in [0.15, 0.2) is 0 Å². The maximum atomic E-state index is 13.2. The molecule has 18 heavy (non-hydrogen) atoms. The zero-order chi connectivity index (χ0) is 13.6. The maximum Gasteiger partial charge on any atom is 0.126 e. The van der Waals surface area contributed by atoms with Crippen LogP contribution in [-0.4, -0.2) is 28.6 Å². The van der Waals surface area contributed by atoms with Crippen molar-refractivity contribution >= 4 is 0 Å². The summed E-state index contributed by atoms with van der Waals surface area (Å²) in [7, 11) is 0. The molecule has 0 spiro atoms. The van der Waals surface area contributed by atoms with Gasteiger partial charge in [-0.05, 0) is 44.9 Å². The van der Waals surface area contributed by atoms with Crippen LogP contribution < -0.4 is 0 Å². The number of hydrogen-bond acceptors (Lipinski definition) is 2. The van der Waals surface area contributed by atoms with Crippen LogP contribution in [0.4, 0.5) is 8.78 Å². The first-order valence-corrected chi connectivity index (χ1v) is 6.15. The molecule has 0 amide bonds. The topological polar surface area (TPSA) is 23.5 Å². The van der Waals surface area contributed by atoms with E-state index in [9.17, 15) is 13.9 Å². The average molecular weight is 255 g/mol. The summed E-state index contributed by atoms with van der Waals surface area (Å²) in [6.45, 7) is 7.30. The van der Waals surface area contributed by atoms with Crippen molar-refractivity contribution in [3.05, 3.63) is 35.4 Å². The summed E-state index contributed by atoms with van der Waals surface area (Å²) >= 11 is 0. The molecule has 4 heteroatoms. The summed E-state index contributed by atoms with van der Waals surface area (Å²) < 4.78 is 26.4. The average Bonchev–Trinajstić information content (AvgIpc) is 2.60. The van der Waals surface area contributed by atoms with E-state index in [0.29, 0.717) is 18.5 Å².